The Labute approximate surface area is 57.9 Å². The van der Waals surface area contributed by atoms with E-state index in [1.807, 2.05) is 0 Å². The van der Waals surface area contributed by atoms with E-state index in [1.165, 1.54) is 13.0 Å². The summed E-state index contributed by atoms with van der Waals surface area (Å²) in [6, 6.07) is 4.41. The maximum atomic E-state index is 10.5. The SMILES string of the molecule is CC(O)c1cccc(=O)o1. The zero-order valence-corrected chi connectivity index (χ0v) is 5.57. The summed E-state index contributed by atoms with van der Waals surface area (Å²) in [7, 11) is 0. The molecule has 1 rings (SSSR count). The predicted molar refractivity (Wildman–Crippen MR) is 35.6 cm³/mol. The Morgan fingerprint density at radius 1 is 1.60 bits per heavy atom. The second-order valence-electron chi connectivity index (χ2n) is 2.03. The van der Waals surface area contributed by atoms with Crippen LogP contribution in [0.4, 0.5) is 0 Å². The Balaban J connectivity index is 3.07. The van der Waals surface area contributed by atoms with Gasteiger partial charge in [0.05, 0.1) is 0 Å². The fourth-order valence-corrected chi connectivity index (χ4v) is 0.630. The van der Waals surface area contributed by atoms with Crippen LogP contribution >= 0.6 is 0 Å². The lowest BCUT2D eigenvalue weighted by molar-refractivity contribution is 0.164. The van der Waals surface area contributed by atoms with Crippen molar-refractivity contribution in [1.29, 1.82) is 0 Å². The fourth-order valence-electron chi connectivity index (χ4n) is 0.630. The van der Waals surface area contributed by atoms with Crippen molar-refractivity contribution in [3.8, 4) is 0 Å². The smallest absolute Gasteiger partial charge is 0.335 e. The fraction of sp³-hybridized carbons (Fsp3) is 0.286. The van der Waals surface area contributed by atoms with Crippen molar-refractivity contribution in [2.75, 3.05) is 0 Å². The molecule has 0 aliphatic heterocycles. The highest BCUT2D eigenvalue weighted by Crippen LogP contribution is 2.06. The van der Waals surface area contributed by atoms with Crippen molar-refractivity contribution in [2.45, 2.75) is 13.0 Å². The van der Waals surface area contributed by atoms with Crippen molar-refractivity contribution in [3.05, 3.63) is 34.4 Å². The zero-order chi connectivity index (χ0) is 7.56. The Morgan fingerprint density at radius 2 is 2.30 bits per heavy atom. The van der Waals surface area contributed by atoms with Gasteiger partial charge in [0, 0.05) is 6.07 Å². The van der Waals surface area contributed by atoms with Crippen LogP contribution in [-0.4, -0.2) is 5.11 Å². The molecule has 1 unspecified atom stereocenters. The average Bonchev–Trinajstić information content (AvgIpc) is 1.88. The number of aliphatic hydroxyl groups is 1. The molecule has 10 heavy (non-hydrogen) atoms. The van der Waals surface area contributed by atoms with Gasteiger partial charge in [0.1, 0.15) is 11.9 Å². The minimum atomic E-state index is -0.714. The number of hydrogen-bond acceptors (Lipinski definition) is 3. The van der Waals surface area contributed by atoms with Gasteiger partial charge >= 0.3 is 5.63 Å². The van der Waals surface area contributed by atoms with Crippen LogP contribution in [0.1, 0.15) is 18.8 Å². The van der Waals surface area contributed by atoms with E-state index in [-0.39, 0.29) is 0 Å². The standard InChI is InChI=1S/C7H8O3/c1-5(8)6-3-2-4-7(9)10-6/h2-5,8H,1H3. The highest BCUT2D eigenvalue weighted by atomic mass is 16.4. The molecule has 0 saturated heterocycles. The molecule has 0 radical (unpaired) electrons. The monoisotopic (exact) mass is 140 g/mol. The second-order valence-corrected chi connectivity index (χ2v) is 2.03. The molecule has 0 aliphatic carbocycles. The molecule has 0 amide bonds. The first-order valence-electron chi connectivity index (χ1n) is 2.98. The van der Waals surface area contributed by atoms with Gasteiger partial charge in [-0.15, -0.1) is 0 Å². The summed E-state index contributed by atoms with van der Waals surface area (Å²) in [5.74, 6) is 0.299. The molecule has 1 N–H and O–H groups in total. The molecule has 1 atom stereocenters. The molecule has 0 spiro atoms. The van der Waals surface area contributed by atoms with Gasteiger partial charge in [-0.3, -0.25) is 0 Å². The van der Waals surface area contributed by atoms with Crippen molar-refractivity contribution < 1.29 is 9.52 Å². The molecular weight excluding hydrogens is 132 g/mol. The van der Waals surface area contributed by atoms with E-state index in [4.69, 9.17) is 5.11 Å². The summed E-state index contributed by atoms with van der Waals surface area (Å²) >= 11 is 0. The molecule has 0 bridgehead atoms. The van der Waals surface area contributed by atoms with E-state index in [1.54, 1.807) is 12.1 Å². The largest absolute Gasteiger partial charge is 0.425 e. The number of hydrogen-bond donors (Lipinski definition) is 1. The first kappa shape index (κ1) is 7.02. The van der Waals surface area contributed by atoms with Crippen molar-refractivity contribution in [1.82, 2.24) is 0 Å². The zero-order valence-electron chi connectivity index (χ0n) is 5.57. The van der Waals surface area contributed by atoms with E-state index in [9.17, 15) is 4.79 Å². The molecule has 1 aromatic rings. The van der Waals surface area contributed by atoms with Gasteiger partial charge in [0.2, 0.25) is 0 Å². The lowest BCUT2D eigenvalue weighted by atomic mass is 10.3. The number of rotatable bonds is 1. The molecule has 3 nitrogen and oxygen atoms in total. The van der Waals surface area contributed by atoms with Gasteiger partial charge < -0.3 is 9.52 Å². The molecule has 0 aromatic carbocycles. The Morgan fingerprint density at radius 3 is 2.70 bits per heavy atom. The van der Waals surface area contributed by atoms with Crippen molar-refractivity contribution >= 4 is 0 Å². The van der Waals surface area contributed by atoms with Crippen LogP contribution in [-0.2, 0) is 0 Å². The van der Waals surface area contributed by atoms with E-state index in [0.29, 0.717) is 5.76 Å². The third-order valence-electron chi connectivity index (χ3n) is 1.12. The quantitative estimate of drug-likeness (QED) is 0.624. The average molecular weight is 140 g/mol. The topological polar surface area (TPSA) is 50.4 Å². The molecule has 0 fully saturated rings. The highest BCUT2D eigenvalue weighted by Gasteiger charge is 2.01. The molecule has 1 aromatic heterocycles. The first-order valence-corrected chi connectivity index (χ1v) is 2.98. The minimum absolute atomic E-state index is 0.299. The van der Waals surface area contributed by atoms with Crippen molar-refractivity contribution in [3.63, 3.8) is 0 Å². The Hall–Kier alpha value is -1.09. The Bertz CT molecular complexity index is 262. The number of aliphatic hydroxyl groups excluding tert-OH is 1. The lowest BCUT2D eigenvalue weighted by Gasteiger charge is -1.99. The Kier molecular flexibility index (Phi) is 1.87. The molecule has 54 valence electrons. The maximum absolute atomic E-state index is 10.5. The normalized spacial score (nSPS) is 13.0. The van der Waals surface area contributed by atoms with Crippen LogP contribution in [0.15, 0.2) is 27.4 Å². The van der Waals surface area contributed by atoms with Crippen molar-refractivity contribution in [2.24, 2.45) is 0 Å². The van der Waals surface area contributed by atoms with Gasteiger partial charge in [-0.05, 0) is 13.0 Å². The molecule has 3 heteroatoms. The predicted octanol–water partition coefficient (Wildman–Crippen LogP) is 0.693. The first-order chi connectivity index (χ1) is 4.70. The van der Waals surface area contributed by atoms with Crippen LogP contribution in [0.2, 0.25) is 0 Å². The van der Waals surface area contributed by atoms with E-state index >= 15 is 0 Å². The maximum Gasteiger partial charge on any atom is 0.335 e. The second kappa shape index (κ2) is 2.66. The minimum Gasteiger partial charge on any atom is -0.425 e. The van der Waals surface area contributed by atoms with Crippen LogP contribution in [0.5, 0.6) is 0 Å². The summed E-state index contributed by atoms with van der Waals surface area (Å²) in [4.78, 5) is 10.5. The van der Waals surface area contributed by atoms with Gasteiger partial charge in [0.15, 0.2) is 0 Å². The van der Waals surface area contributed by atoms with Crippen LogP contribution in [0.3, 0.4) is 0 Å². The highest BCUT2D eigenvalue weighted by molar-refractivity contribution is 5.00. The summed E-state index contributed by atoms with van der Waals surface area (Å²) < 4.78 is 4.63. The summed E-state index contributed by atoms with van der Waals surface area (Å²) in [5, 5.41) is 8.92. The van der Waals surface area contributed by atoms with E-state index in [2.05, 4.69) is 4.42 Å². The molecule has 0 saturated carbocycles. The lowest BCUT2D eigenvalue weighted by Crippen LogP contribution is -2.00. The molecular formula is C7H8O3. The van der Waals surface area contributed by atoms with Crippen LogP contribution in [0.25, 0.3) is 0 Å². The molecule has 1 heterocycles. The van der Waals surface area contributed by atoms with Crippen LogP contribution < -0.4 is 5.63 Å². The molecule has 0 aliphatic rings. The van der Waals surface area contributed by atoms with E-state index < -0.39 is 11.7 Å². The van der Waals surface area contributed by atoms with E-state index in [0.717, 1.165) is 0 Å². The van der Waals surface area contributed by atoms with Gasteiger partial charge in [0.25, 0.3) is 0 Å². The summed E-state index contributed by atoms with van der Waals surface area (Å²) in [6.07, 6.45) is -0.714. The summed E-state index contributed by atoms with van der Waals surface area (Å²) in [5.41, 5.74) is -0.432. The van der Waals surface area contributed by atoms with Gasteiger partial charge in [-0.1, -0.05) is 6.07 Å². The summed E-state index contributed by atoms with van der Waals surface area (Å²) in [6.45, 7) is 1.54. The van der Waals surface area contributed by atoms with Gasteiger partial charge in [-0.2, -0.15) is 0 Å². The van der Waals surface area contributed by atoms with Crippen LogP contribution in [0, 0.1) is 0 Å². The van der Waals surface area contributed by atoms with Gasteiger partial charge in [-0.25, -0.2) is 4.79 Å². The third kappa shape index (κ3) is 1.45. The third-order valence-corrected chi connectivity index (χ3v) is 1.12.